The molecule has 1 aromatic carbocycles. The van der Waals surface area contributed by atoms with E-state index in [0.717, 1.165) is 6.42 Å². The van der Waals surface area contributed by atoms with E-state index in [1.807, 2.05) is 6.92 Å². The number of sulfone groups is 1. The molecule has 0 spiro atoms. The van der Waals surface area contributed by atoms with Crippen LogP contribution >= 0.6 is 0 Å². The second kappa shape index (κ2) is 4.61. The number of ketones is 1. The quantitative estimate of drug-likeness (QED) is 0.780. The van der Waals surface area contributed by atoms with Gasteiger partial charge in [0, 0.05) is 6.07 Å². The van der Waals surface area contributed by atoms with Gasteiger partial charge in [0.05, 0.1) is 12.2 Å². The lowest BCUT2D eigenvalue weighted by Crippen LogP contribution is -2.04. The molecule has 18 heavy (non-hydrogen) atoms. The van der Waals surface area contributed by atoms with Crippen LogP contribution in [-0.2, 0) is 9.84 Å². The summed E-state index contributed by atoms with van der Waals surface area (Å²) in [6, 6.07) is 2.82. The molecule has 0 aliphatic carbocycles. The average Bonchev–Trinajstić information content (AvgIpc) is 2.61. The molecule has 0 unspecified atom stereocenters. The van der Waals surface area contributed by atoms with E-state index >= 15 is 0 Å². The van der Waals surface area contributed by atoms with E-state index < -0.39 is 9.84 Å². The Labute approximate surface area is 106 Å². The fourth-order valence-corrected chi connectivity index (χ4v) is 2.83. The monoisotopic (exact) mass is 270 g/mol. The molecule has 0 fully saturated rings. The third-order valence-electron chi connectivity index (χ3n) is 2.59. The summed E-state index contributed by atoms with van der Waals surface area (Å²) in [5, 5.41) is 0. The Morgan fingerprint density at radius 3 is 2.78 bits per heavy atom. The number of hydrogen-bond donors (Lipinski definition) is 0. The highest BCUT2D eigenvalue weighted by molar-refractivity contribution is 7.91. The normalized spacial score (nSPS) is 15.9. The molecule has 2 rings (SSSR count). The summed E-state index contributed by atoms with van der Waals surface area (Å²) < 4.78 is 33.9. The lowest BCUT2D eigenvalue weighted by atomic mass is 10.1. The van der Waals surface area contributed by atoms with Crippen molar-refractivity contribution >= 4 is 15.6 Å². The molecule has 1 aromatic rings. The maximum Gasteiger partial charge on any atom is 0.217 e. The number of hydrogen-bond acceptors (Lipinski definition) is 5. The minimum atomic E-state index is -3.41. The van der Waals surface area contributed by atoms with Crippen LogP contribution in [0.15, 0.2) is 17.0 Å². The molecule has 0 N–H and O–H groups in total. The fourth-order valence-electron chi connectivity index (χ4n) is 1.71. The summed E-state index contributed by atoms with van der Waals surface area (Å²) >= 11 is 0. The van der Waals surface area contributed by atoms with Crippen LogP contribution in [0.4, 0.5) is 0 Å². The summed E-state index contributed by atoms with van der Waals surface area (Å²) in [5.74, 6) is -0.0327. The lowest BCUT2D eigenvalue weighted by molar-refractivity contribution is 0.101. The topological polar surface area (TPSA) is 69.7 Å². The van der Waals surface area contributed by atoms with Gasteiger partial charge in [-0.1, -0.05) is 6.92 Å². The van der Waals surface area contributed by atoms with Gasteiger partial charge in [-0.3, -0.25) is 4.79 Å². The summed E-state index contributed by atoms with van der Waals surface area (Å²) in [5.41, 5.74) is 0.347. The molecule has 0 saturated heterocycles. The molecular weight excluding hydrogens is 256 g/mol. The molecule has 1 aliphatic rings. The third-order valence-corrected chi connectivity index (χ3v) is 4.01. The van der Waals surface area contributed by atoms with E-state index in [0.29, 0.717) is 17.9 Å². The van der Waals surface area contributed by atoms with Crippen LogP contribution in [0.3, 0.4) is 0 Å². The van der Waals surface area contributed by atoms with Gasteiger partial charge in [0.1, 0.15) is 16.4 Å². The van der Waals surface area contributed by atoms with Crippen molar-refractivity contribution in [2.45, 2.75) is 25.2 Å². The van der Waals surface area contributed by atoms with Crippen LogP contribution in [0, 0.1) is 0 Å². The van der Waals surface area contributed by atoms with Gasteiger partial charge in [-0.15, -0.1) is 0 Å². The lowest BCUT2D eigenvalue weighted by Gasteiger charge is -2.10. The molecule has 0 amide bonds. The zero-order valence-corrected chi connectivity index (χ0v) is 11.0. The summed E-state index contributed by atoms with van der Waals surface area (Å²) in [6.07, 6.45) is 0.775. The Balaban J connectivity index is 2.54. The van der Waals surface area contributed by atoms with Crippen molar-refractivity contribution in [2.75, 3.05) is 12.5 Å². The first kappa shape index (κ1) is 12.9. The van der Waals surface area contributed by atoms with Crippen molar-refractivity contribution in [2.24, 2.45) is 0 Å². The van der Waals surface area contributed by atoms with Gasteiger partial charge in [-0.2, -0.15) is 0 Å². The molecule has 0 saturated carbocycles. The first-order valence-electron chi connectivity index (χ1n) is 5.63. The molecule has 0 aromatic heterocycles. The Kier molecular flexibility index (Phi) is 3.30. The second-order valence-electron chi connectivity index (χ2n) is 4.08. The van der Waals surface area contributed by atoms with Gasteiger partial charge in [0.2, 0.25) is 9.84 Å². The van der Waals surface area contributed by atoms with Gasteiger partial charge in [-0.05, 0) is 19.4 Å². The van der Waals surface area contributed by atoms with Gasteiger partial charge >= 0.3 is 0 Å². The minimum absolute atomic E-state index is 0.0959. The van der Waals surface area contributed by atoms with Crippen LogP contribution in [0.5, 0.6) is 11.5 Å². The summed E-state index contributed by atoms with van der Waals surface area (Å²) in [4.78, 5) is 11.6. The molecule has 98 valence electrons. The first-order chi connectivity index (χ1) is 8.45. The smallest absolute Gasteiger partial charge is 0.217 e. The molecular formula is C12H14O5S. The Morgan fingerprint density at radius 1 is 1.44 bits per heavy atom. The number of carbonyl (C=O) groups is 1. The minimum Gasteiger partial charge on any atom is -0.493 e. The highest BCUT2D eigenvalue weighted by Crippen LogP contribution is 2.37. The maximum absolute atomic E-state index is 11.7. The molecule has 6 heteroatoms. The van der Waals surface area contributed by atoms with Crippen LogP contribution in [-0.4, -0.2) is 26.7 Å². The second-order valence-corrected chi connectivity index (χ2v) is 5.98. The highest BCUT2D eigenvalue weighted by atomic mass is 32.2. The molecule has 0 bridgehead atoms. The van der Waals surface area contributed by atoms with Crippen LogP contribution in [0.25, 0.3) is 0 Å². The molecule has 1 heterocycles. The number of Topliss-reactive ketones (excluding diaryl/α,β-unsaturated/α-hetero) is 1. The molecule has 1 aliphatic heterocycles. The highest BCUT2D eigenvalue weighted by Gasteiger charge is 2.30. The van der Waals surface area contributed by atoms with E-state index in [9.17, 15) is 13.2 Å². The van der Waals surface area contributed by atoms with Crippen molar-refractivity contribution in [1.29, 1.82) is 0 Å². The number of benzene rings is 1. The van der Waals surface area contributed by atoms with Crippen LogP contribution in [0.1, 0.15) is 30.6 Å². The van der Waals surface area contributed by atoms with Crippen molar-refractivity contribution < 1.29 is 22.7 Å². The van der Waals surface area contributed by atoms with Crippen LogP contribution < -0.4 is 9.47 Å². The molecule has 0 atom stereocenters. The maximum atomic E-state index is 11.7. The zero-order valence-electron chi connectivity index (χ0n) is 10.2. The van der Waals surface area contributed by atoms with E-state index in [1.165, 1.54) is 19.1 Å². The Bertz CT molecular complexity index is 589. The number of ether oxygens (including phenoxy) is 2. The zero-order chi connectivity index (χ0) is 13.3. The van der Waals surface area contributed by atoms with Crippen molar-refractivity contribution in [3.63, 3.8) is 0 Å². The van der Waals surface area contributed by atoms with Gasteiger partial charge in [0.15, 0.2) is 11.7 Å². The predicted octanol–water partition coefficient (Wildman–Crippen LogP) is 1.80. The number of carbonyl (C=O) groups excluding carboxylic acids is 1. The average molecular weight is 270 g/mol. The number of fused-ring (bicyclic) bond motifs is 1. The van der Waals surface area contributed by atoms with Crippen molar-refractivity contribution in [3.05, 3.63) is 17.7 Å². The van der Waals surface area contributed by atoms with Gasteiger partial charge in [0.25, 0.3) is 0 Å². The largest absolute Gasteiger partial charge is 0.493 e. The van der Waals surface area contributed by atoms with E-state index in [1.54, 1.807) is 0 Å². The predicted molar refractivity (Wildman–Crippen MR) is 64.9 cm³/mol. The van der Waals surface area contributed by atoms with Crippen molar-refractivity contribution in [1.82, 2.24) is 0 Å². The van der Waals surface area contributed by atoms with E-state index in [2.05, 4.69) is 0 Å². The fraction of sp³-hybridized carbons (Fsp3) is 0.417. The third kappa shape index (κ3) is 2.20. The van der Waals surface area contributed by atoms with Gasteiger partial charge < -0.3 is 9.47 Å². The molecule has 5 nitrogen and oxygen atoms in total. The van der Waals surface area contributed by atoms with Crippen LogP contribution in [0.2, 0.25) is 0 Å². The number of rotatable bonds is 4. The summed E-state index contributed by atoms with van der Waals surface area (Å²) in [7, 11) is -3.41. The van der Waals surface area contributed by atoms with Crippen molar-refractivity contribution in [3.8, 4) is 11.5 Å². The van der Waals surface area contributed by atoms with E-state index in [4.69, 9.17) is 9.47 Å². The van der Waals surface area contributed by atoms with Gasteiger partial charge in [-0.25, -0.2) is 8.42 Å². The van der Waals surface area contributed by atoms with E-state index in [-0.39, 0.29) is 22.4 Å². The first-order valence-corrected chi connectivity index (χ1v) is 7.28. The SMILES string of the molecule is CCCOc1cc2c(cc1C(C)=O)OCS2(=O)=O. The summed E-state index contributed by atoms with van der Waals surface area (Å²) in [6.45, 7) is 3.77. The Morgan fingerprint density at radius 2 is 2.17 bits per heavy atom. The molecule has 0 radical (unpaired) electrons. The Hall–Kier alpha value is -1.56. The standard InChI is InChI=1S/C12H14O5S/c1-3-4-16-10-6-12-11(5-9(10)8(2)13)17-7-18(12,14)15/h5-6H,3-4,7H2,1-2H3.